The van der Waals surface area contributed by atoms with Gasteiger partial charge in [0, 0.05) is 0 Å². The zero-order valence-corrected chi connectivity index (χ0v) is 6.01. The lowest BCUT2D eigenvalue weighted by molar-refractivity contribution is 0.324. The summed E-state index contributed by atoms with van der Waals surface area (Å²) < 4.78 is 29.8. The number of ether oxygens (including phenoxy) is 1. The highest BCUT2D eigenvalue weighted by Crippen LogP contribution is 2.20. The first kappa shape index (κ1) is 8.64. The van der Waals surface area contributed by atoms with Gasteiger partial charge in [-0.25, -0.2) is 8.78 Å². The van der Waals surface area contributed by atoms with E-state index in [-0.39, 0.29) is 0 Å². The van der Waals surface area contributed by atoms with Gasteiger partial charge in [0.05, 0.1) is 0 Å². The average Bonchev–Trinajstić information content (AvgIpc) is 2.04. The summed E-state index contributed by atoms with van der Waals surface area (Å²) in [7, 11) is 0. The summed E-state index contributed by atoms with van der Waals surface area (Å²) in [4.78, 5) is 9.71. The van der Waals surface area contributed by atoms with Crippen LogP contribution in [0.2, 0.25) is 0 Å². The zero-order valence-electron chi connectivity index (χ0n) is 6.01. The molecule has 1 aromatic rings. The van der Waals surface area contributed by atoms with Crippen LogP contribution in [0.4, 0.5) is 8.78 Å². The van der Waals surface area contributed by atoms with Crippen LogP contribution < -0.4 is 4.74 Å². The third-order valence-electron chi connectivity index (χ3n) is 1.19. The molecular formula is C8H5F2O2. The van der Waals surface area contributed by atoms with E-state index in [0.29, 0.717) is 0 Å². The van der Waals surface area contributed by atoms with Crippen LogP contribution >= 0.6 is 0 Å². The molecule has 0 N–H and O–H groups in total. The van der Waals surface area contributed by atoms with Gasteiger partial charge in [-0.1, -0.05) is 6.07 Å². The third kappa shape index (κ3) is 1.78. The number of hydrogen-bond acceptors (Lipinski definition) is 2. The molecule has 0 saturated heterocycles. The Kier molecular flexibility index (Phi) is 2.74. The normalized spacial score (nSPS) is 9.50. The van der Waals surface area contributed by atoms with Gasteiger partial charge in [0.2, 0.25) is 6.29 Å². The quantitative estimate of drug-likeness (QED) is 0.688. The van der Waals surface area contributed by atoms with Crippen molar-refractivity contribution in [2.45, 2.75) is 0 Å². The van der Waals surface area contributed by atoms with E-state index in [0.717, 1.165) is 12.1 Å². The van der Waals surface area contributed by atoms with Gasteiger partial charge < -0.3 is 4.74 Å². The molecule has 1 radical (unpaired) electrons. The summed E-state index contributed by atoms with van der Waals surface area (Å²) in [5.74, 6) is -2.20. The first-order valence-corrected chi connectivity index (χ1v) is 3.17. The molecule has 0 aliphatic rings. The van der Waals surface area contributed by atoms with Crippen LogP contribution in [0.5, 0.6) is 5.75 Å². The molecule has 0 aromatic heterocycles. The number of rotatable bonds is 3. The average molecular weight is 171 g/mol. The molecule has 63 valence electrons. The smallest absolute Gasteiger partial charge is 0.239 e. The molecule has 0 atom stereocenters. The van der Waals surface area contributed by atoms with Gasteiger partial charge in [-0.2, -0.15) is 0 Å². The molecule has 0 heterocycles. The van der Waals surface area contributed by atoms with E-state index < -0.39 is 24.0 Å². The number of benzene rings is 1. The van der Waals surface area contributed by atoms with E-state index in [1.165, 1.54) is 12.4 Å². The summed E-state index contributed by atoms with van der Waals surface area (Å²) in [6.07, 6.45) is 1.37. The van der Waals surface area contributed by atoms with Crippen molar-refractivity contribution in [1.29, 1.82) is 0 Å². The standard InChI is InChI=1S/C8H5F2O2/c9-6-2-1-3-7(10)8(6)12-5-4-11/h1-3H,5H2. The molecule has 1 aromatic carbocycles. The van der Waals surface area contributed by atoms with Gasteiger partial charge in [0.1, 0.15) is 0 Å². The maximum absolute atomic E-state index is 12.7. The number of halogens is 2. The van der Waals surface area contributed by atoms with Crippen LogP contribution in [-0.2, 0) is 4.79 Å². The Morgan fingerprint density at radius 2 is 1.92 bits per heavy atom. The van der Waals surface area contributed by atoms with Crippen molar-refractivity contribution in [2.75, 3.05) is 6.61 Å². The zero-order chi connectivity index (χ0) is 8.97. The maximum atomic E-state index is 12.7. The fourth-order valence-electron chi connectivity index (χ4n) is 0.722. The van der Waals surface area contributed by atoms with E-state index in [1.807, 2.05) is 0 Å². The Hall–Kier alpha value is -1.45. The highest BCUT2D eigenvalue weighted by Gasteiger charge is 2.08. The van der Waals surface area contributed by atoms with Crippen molar-refractivity contribution < 1.29 is 18.3 Å². The molecule has 0 unspecified atom stereocenters. The van der Waals surface area contributed by atoms with Crippen LogP contribution in [-0.4, -0.2) is 12.9 Å². The predicted octanol–water partition coefficient (Wildman–Crippen LogP) is 1.45. The van der Waals surface area contributed by atoms with E-state index in [9.17, 15) is 13.6 Å². The van der Waals surface area contributed by atoms with E-state index in [4.69, 9.17) is 0 Å². The molecule has 0 fully saturated rings. The van der Waals surface area contributed by atoms with Crippen molar-refractivity contribution >= 4 is 6.29 Å². The molecule has 2 nitrogen and oxygen atoms in total. The first-order chi connectivity index (χ1) is 5.75. The van der Waals surface area contributed by atoms with E-state index in [2.05, 4.69) is 4.74 Å². The molecule has 0 amide bonds. The van der Waals surface area contributed by atoms with Crippen LogP contribution in [0, 0.1) is 11.6 Å². The van der Waals surface area contributed by atoms with Crippen molar-refractivity contribution in [3.8, 4) is 5.75 Å². The second-order valence-corrected chi connectivity index (χ2v) is 1.98. The molecule has 1 rings (SSSR count). The minimum atomic E-state index is -0.828. The summed E-state index contributed by atoms with van der Waals surface area (Å²) in [5.41, 5.74) is 0. The fraction of sp³-hybridized carbons (Fsp3) is 0.125. The Morgan fingerprint density at radius 3 is 2.42 bits per heavy atom. The first-order valence-electron chi connectivity index (χ1n) is 3.17. The molecule has 0 saturated carbocycles. The third-order valence-corrected chi connectivity index (χ3v) is 1.19. The van der Waals surface area contributed by atoms with Crippen molar-refractivity contribution in [1.82, 2.24) is 0 Å². The Balaban J connectivity index is 2.88. The molecule has 0 spiro atoms. The monoisotopic (exact) mass is 171 g/mol. The largest absolute Gasteiger partial charge is 0.479 e. The number of para-hydroxylation sites is 1. The lowest BCUT2D eigenvalue weighted by Crippen LogP contribution is -2.01. The molecule has 0 bridgehead atoms. The van der Waals surface area contributed by atoms with Crippen LogP contribution in [0.15, 0.2) is 18.2 Å². The summed E-state index contributed by atoms with van der Waals surface area (Å²) >= 11 is 0. The Morgan fingerprint density at radius 1 is 1.33 bits per heavy atom. The minimum Gasteiger partial charge on any atom is -0.479 e. The van der Waals surface area contributed by atoms with Gasteiger partial charge in [-0.05, 0) is 12.1 Å². The number of hydrogen-bond donors (Lipinski definition) is 0. The highest BCUT2D eigenvalue weighted by atomic mass is 19.1. The van der Waals surface area contributed by atoms with Crippen molar-refractivity contribution in [3.63, 3.8) is 0 Å². The molecule has 0 aliphatic carbocycles. The summed E-state index contributed by atoms with van der Waals surface area (Å²) in [6, 6.07) is 3.30. The lowest BCUT2D eigenvalue weighted by Gasteiger charge is -2.03. The van der Waals surface area contributed by atoms with Crippen LogP contribution in [0.3, 0.4) is 0 Å². The van der Waals surface area contributed by atoms with Gasteiger partial charge in [-0.15, -0.1) is 0 Å². The molecule has 4 heteroatoms. The van der Waals surface area contributed by atoms with Gasteiger partial charge in [0.15, 0.2) is 24.0 Å². The van der Waals surface area contributed by atoms with Crippen molar-refractivity contribution in [2.24, 2.45) is 0 Å². The van der Waals surface area contributed by atoms with Gasteiger partial charge in [-0.3, -0.25) is 4.79 Å². The maximum Gasteiger partial charge on any atom is 0.239 e. The Bertz CT molecular complexity index is 266. The molecule has 0 aliphatic heterocycles. The fourth-order valence-corrected chi connectivity index (χ4v) is 0.722. The number of carbonyl (C=O) groups excluding carboxylic acids is 1. The second kappa shape index (κ2) is 3.80. The predicted molar refractivity (Wildman–Crippen MR) is 37.5 cm³/mol. The molecular weight excluding hydrogens is 166 g/mol. The van der Waals surface area contributed by atoms with Crippen LogP contribution in [0.25, 0.3) is 0 Å². The summed E-state index contributed by atoms with van der Waals surface area (Å²) in [6.45, 7) is -0.474. The second-order valence-electron chi connectivity index (χ2n) is 1.98. The van der Waals surface area contributed by atoms with E-state index in [1.54, 1.807) is 0 Å². The van der Waals surface area contributed by atoms with Crippen molar-refractivity contribution in [3.05, 3.63) is 29.8 Å². The Labute approximate surface area is 67.8 Å². The highest BCUT2D eigenvalue weighted by molar-refractivity contribution is 5.52. The topological polar surface area (TPSA) is 26.3 Å². The molecule has 12 heavy (non-hydrogen) atoms. The van der Waals surface area contributed by atoms with Gasteiger partial charge in [0.25, 0.3) is 0 Å². The SMILES string of the molecule is O=[C]COc1c(F)cccc1F. The van der Waals surface area contributed by atoms with E-state index >= 15 is 0 Å². The van der Waals surface area contributed by atoms with Crippen LogP contribution in [0.1, 0.15) is 0 Å². The summed E-state index contributed by atoms with van der Waals surface area (Å²) in [5, 5.41) is 0. The lowest BCUT2D eigenvalue weighted by atomic mass is 10.3. The van der Waals surface area contributed by atoms with Gasteiger partial charge >= 0.3 is 0 Å². The minimum absolute atomic E-state index is 0.474.